The van der Waals surface area contributed by atoms with E-state index in [0.717, 1.165) is 11.3 Å². The third-order valence-corrected chi connectivity index (χ3v) is 5.00. The van der Waals surface area contributed by atoms with Crippen molar-refractivity contribution in [1.29, 1.82) is 0 Å². The molecule has 0 saturated carbocycles. The zero-order chi connectivity index (χ0) is 21.0. The molecule has 0 bridgehead atoms. The van der Waals surface area contributed by atoms with E-state index < -0.39 is 30.0 Å². The molecule has 0 aliphatic carbocycles. The predicted molar refractivity (Wildman–Crippen MR) is 106 cm³/mol. The highest BCUT2D eigenvalue weighted by molar-refractivity contribution is 7.20. The van der Waals surface area contributed by atoms with Crippen LogP contribution in [0.25, 0.3) is 10.2 Å². The summed E-state index contributed by atoms with van der Waals surface area (Å²) in [5.74, 6) is -1.58. The molecular formula is C19H17N3O6S. The minimum absolute atomic E-state index is 0.0942. The molecule has 0 aliphatic heterocycles. The lowest BCUT2D eigenvalue weighted by molar-refractivity contribution is -0.146. The number of ether oxygens (including phenoxy) is 2. The maximum Gasteiger partial charge on any atom is 0.348 e. The molecule has 29 heavy (non-hydrogen) atoms. The Morgan fingerprint density at radius 3 is 2.62 bits per heavy atom. The van der Waals surface area contributed by atoms with Crippen LogP contribution in [-0.2, 0) is 25.5 Å². The van der Waals surface area contributed by atoms with Gasteiger partial charge in [-0.25, -0.2) is 9.78 Å². The molecule has 3 rings (SSSR count). The summed E-state index contributed by atoms with van der Waals surface area (Å²) < 4.78 is 9.74. The van der Waals surface area contributed by atoms with Gasteiger partial charge in [-0.15, -0.1) is 11.3 Å². The number of hydrogen-bond acceptors (Lipinski definition) is 8. The molecule has 0 aliphatic rings. The van der Waals surface area contributed by atoms with Gasteiger partial charge in [-0.2, -0.15) is 0 Å². The first-order valence-electron chi connectivity index (χ1n) is 8.50. The summed E-state index contributed by atoms with van der Waals surface area (Å²) in [7, 11) is 1.20. The van der Waals surface area contributed by atoms with Crippen molar-refractivity contribution in [3.8, 4) is 0 Å². The van der Waals surface area contributed by atoms with Gasteiger partial charge in [0, 0.05) is 11.3 Å². The van der Waals surface area contributed by atoms with Gasteiger partial charge in [0.15, 0.2) is 6.61 Å². The van der Waals surface area contributed by atoms with Gasteiger partial charge in [0.1, 0.15) is 15.5 Å². The maximum atomic E-state index is 12.3. The Bertz CT molecular complexity index is 1140. The number of rotatable bonds is 6. The number of carbonyl (C=O) groups is 3. The summed E-state index contributed by atoms with van der Waals surface area (Å²) in [6.45, 7) is 1.11. The monoisotopic (exact) mass is 415 g/mol. The number of fused-ring (bicyclic) bond motifs is 1. The Labute approximate surface area is 168 Å². The number of aryl methyl sites for hydroxylation is 1. The van der Waals surface area contributed by atoms with Gasteiger partial charge in [-0.05, 0) is 19.1 Å². The van der Waals surface area contributed by atoms with Crippen LogP contribution < -0.4 is 10.9 Å². The van der Waals surface area contributed by atoms with Crippen molar-refractivity contribution in [2.75, 3.05) is 19.0 Å². The van der Waals surface area contributed by atoms with Crippen molar-refractivity contribution in [2.24, 2.45) is 0 Å². The second-order valence-corrected chi connectivity index (χ2v) is 6.98. The molecule has 1 aromatic carbocycles. The largest absolute Gasteiger partial charge is 0.465 e. The summed E-state index contributed by atoms with van der Waals surface area (Å²) in [6.07, 6.45) is -0.378. The molecule has 2 aromatic heterocycles. The highest BCUT2D eigenvalue weighted by Crippen LogP contribution is 2.29. The number of carbonyl (C=O) groups excluding carboxylic acids is 3. The predicted octanol–water partition coefficient (Wildman–Crippen LogP) is 1.80. The average molecular weight is 415 g/mol. The number of methoxy groups -OCH3 is 1. The molecule has 0 radical (unpaired) electrons. The summed E-state index contributed by atoms with van der Waals surface area (Å²) in [5.41, 5.74) is 0.265. The van der Waals surface area contributed by atoms with Gasteiger partial charge in [0.05, 0.1) is 18.9 Å². The molecular weight excluding hydrogens is 398 g/mol. The highest BCUT2D eigenvalue weighted by atomic mass is 32.1. The summed E-state index contributed by atoms with van der Waals surface area (Å²) >= 11 is 0.960. The lowest BCUT2D eigenvalue weighted by atomic mass is 10.1. The molecule has 0 saturated heterocycles. The first-order valence-corrected chi connectivity index (χ1v) is 9.31. The van der Waals surface area contributed by atoms with Crippen LogP contribution in [0, 0.1) is 6.92 Å². The van der Waals surface area contributed by atoms with Gasteiger partial charge < -0.3 is 19.8 Å². The van der Waals surface area contributed by atoms with E-state index in [1.54, 1.807) is 37.3 Å². The Kier molecular flexibility index (Phi) is 6.03. The number of hydrogen-bond donors (Lipinski definition) is 2. The van der Waals surface area contributed by atoms with Gasteiger partial charge in [-0.1, -0.05) is 18.2 Å². The van der Waals surface area contributed by atoms with Gasteiger partial charge in [-0.3, -0.25) is 14.4 Å². The van der Waals surface area contributed by atoms with Crippen LogP contribution in [0.3, 0.4) is 0 Å². The van der Waals surface area contributed by atoms with Crippen molar-refractivity contribution < 1.29 is 23.9 Å². The highest BCUT2D eigenvalue weighted by Gasteiger charge is 2.25. The Balaban J connectivity index is 1.76. The van der Waals surface area contributed by atoms with Crippen LogP contribution >= 0.6 is 11.3 Å². The number of benzene rings is 1. The van der Waals surface area contributed by atoms with Gasteiger partial charge in [0.2, 0.25) is 0 Å². The third-order valence-electron chi connectivity index (χ3n) is 3.89. The topological polar surface area (TPSA) is 127 Å². The van der Waals surface area contributed by atoms with Crippen LogP contribution in [0.4, 0.5) is 5.69 Å². The van der Waals surface area contributed by atoms with Crippen molar-refractivity contribution in [2.45, 2.75) is 13.3 Å². The van der Waals surface area contributed by atoms with Crippen LogP contribution in [0.5, 0.6) is 0 Å². The third kappa shape index (κ3) is 4.66. The first-order chi connectivity index (χ1) is 13.9. The first kappa shape index (κ1) is 20.2. The molecule has 0 atom stereocenters. The lowest BCUT2D eigenvalue weighted by Gasteiger charge is -2.07. The number of thiophene rings is 1. The Morgan fingerprint density at radius 1 is 1.21 bits per heavy atom. The smallest absolute Gasteiger partial charge is 0.348 e. The molecule has 0 fully saturated rings. The fraction of sp³-hybridized carbons (Fsp3) is 0.211. The van der Waals surface area contributed by atoms with E-state index in [9.17, 15) is 19.2 Å². The maximum absolute atomic E-state index is 12.3. The summed E-state index contributed by atoms with van der Waals surface area (Å²) in [4.78, 5) is 55.8. The van der Waals surface area contributed by atoms with E-state index in [-0.39, 0.29) is 22.2 Å². The van der Waals surface area contributed by atoms with E-state index in [1.807, 2.05) is 0 Å². The van der Waals surface area contributed by atoms with E-state index in [0.29, 0.717) is 16.3 Å². The summed E-state index contributed by atoms with van der Waals surface area (Å²) in [5, 5.41) is 2.72. The van der Waals surface area contributed by atoms with Gasteiger partial charge in [0.25, 0.3) is 11.5 Å². The van der Waals surface area contributed by atoms with E-state index in [4.69, 9.17) is 9.47 Å². The zero-order valence-corrected chi connectivity index (χ0v) is 16.4. The number of H-pyrrole nitrogens is 1. The normalized spacial score (nSPS) is 10.6. The number of nitrogens with one attached hydrogen (secondary N) is 2. The number of nitrogens with zero attached hydrogens (tertiary/aromatic N) is 1. The molecule has 0 unspecified atom stereocenters. The molecule has 0 spiro atoms. The Morgan fingerprint density at radius 2 is 1.93 bits per heavy atom. The summed E-state index contributed by atoms with van der Waals surface area (Å²) in [6, 6.07) is 8.70. The van der Waals surface area contributed by atoms with Crippen LogP contribution in [0.2, 0.25) is 0 Å². The van der Waals surface area contributed by atoms with Crippen molar-refractivity contribution >= 4 is 45.1 Å². The van der Waals surface area contributed by atoms with E-state index in [2.05, 4.69) is 15.3 Å². The number of aromatic nitrogens is 2. The molecule has 150 valence electrons. The van der Waals surface area contributed by atoms with Crippen LogP contribution in [0.1, 0.15) is 21.1 Å². The quantitative estimate of drug-likeness (QED) is 0.588. The fourth-order valence-electron chi connectivity index (χ4n) is 2.66. The number of para-hydroxylation sites is 1. The molecule has 2 N–H and O–H groups in total. The minimum atomic E-state index is -0.766. The second kappa shape index (κ2) is 8.65. The molecule has 9 nitrogen and oxygen atoms in total. The molecule has 3 aromatic rings. The number of aromatic amines is 1. The van der Waals surface area contributed by atoms with E-state index in [1.165, 1.54) is 7.11 Å². The number of amides is 1. The van der Waals surface area contributed by atoms with Crippen LogP contribution in [-0.4, -0.2) is 41.5 Å². The number of anilines is 1. The van der Waals surface area contributed by atoms with Crippen LogP contribution in [0.15, 0.2) is 35.1 Å². The Hall–Kier alpha value is -3.53. The van der Waals surface area contributed by atoms with Crippen molar-refractivity contribution in [1.82, 2.24) is 9.97 Å². The molecule has 2 heterocycles. The van der Waals surface area contributed by atoms with Crippen molar-refractivity contribution in [3.05, 3.63) is 57.0 Å². The van der Waals surface area contributed by atoms with E-state index >= 15 is 0 Å². The number of esters is 2. The SMILES string of the molecule is COC(=O)c1sc2nc(C)[nH]c(=O)c2c1CC(=O)OCC(=O)Nc1ccccc1. The minimum Gasteiger partial charge on any atom is -0.465 e. The molecule has 1 amide bonds. The average Bonchev–Trinajstić information content (AvgIpc) is 3.04. The van der Waals surface area contributed by atoms with Crippen molar-refractivity contribution in [3.63, 3.8) is 0 Å². The molecule has 10 heteroatoms. The second-order valence-electron chi connectivity index (χ2n) is 5.98. The standard InChI is InChI=1S/C19H17N3O6S/c1-10-20-17(25)15-12(16(19(26)27-2)29-18(15)21-10)8-14(24)28-9-13(23)22-11-6-4-3-5-7-11/h3-7H,8-9H2,1-2H3,(H,22,23)(H,20,21,25). The lowest BCUT2D eigenvalue weighted by Crippen LogP contribution is -2.22. The van der Waals surface area contributed by atoms with Gasteiger partial charge >= 0.3 is 11.9 Å². The zero-order valence-electron chi connectivity index (χ0n) is 15.6. The fourth-order valence-corrected chi connectivity index (χ4v) is 3.82.